The van der Waals surface area contributed by atoms with Crippen LogP contribution in [0.15, 0.2) is 245 Å². The summed E-state index contributed by atoms with van der Waals surface area (Å²) in [7, 11) is 0. The number of hydrogen-bond acceptors (Lipinski definition) is 3. The lowest BCUT2D eigenvalue weighted by molar-refractivity contribution is 0.669. The summed E-state index contributed by atoms with van der Waals surface area (Å²) in [4.78, 5) is 2.46. The molecule has 0 fully saturated rings. The molecule has 0 amide bonds. The van der Waals surface area contributed by atoms with Gasteiger partial charge in [0.1, 0.15) is 22.3 Å². The van der Waals surface area contributed by atoms with Gasteiger partial charge in [-0.1, -0.05) is 200 Å². The molecule has 3 nitrogen and oxygen atoms in total. The molecule has 0 aliphatic heterocycles. The molecule has 0 radical (unpaired) electrons. The molecule has 2 heterocycles. The van der Waals surface area contributed by atoms with Crippen LogP contribution in [0, 0.1) is 0 Å². The molecule has 3 heteroatoms. The van der Waals surface area contributed by atoms with Crippen molar-refractivity contribution in [3.05, 3.63) is 259 Å². The molecule has 300 valence electrons. The van der Waals surface area contributed by atoms with E-state index in [1.807, 2.05) is 12.1 Å². The van der Waals surface area contributed by atoms with E-state index in [2.05, 4.69) is 229 Å². The van der Waals surface area contributed by atoms with Gasteiger partial charge in [-0.3, -0.25) is 0 Å². The van der Waals surface area contributed by atoms with Gasteiger partial charge in [-0.2, -0.15) is 0 Å². The minimum Gasteiger partial charge on any atom is -0.455 e. The smallest absolute Gasteiger partial charge is 0.143 e. The molecule has 0 unspecified atom stereocenters. The molecule has 2 aromatic heterocycles. The number of hydrogen-bond donors (Lipinski definition) is 0. The first kappa shape index (κ1) is 36.3. The highest BCUT2D eigenvalue weighted by Crippen LogP contribution is 2.58. The van der Waals surface area contributed by atoms with Gasteiger partial charge >= 0.3 is 0 Å². The Bertz CT molecular complexity index is 3550. The molecule has 0 spiro atoms. The molecule has 64 heavy (non-hydrogen) atoms. The van der Waals surface area contributed by atoms with Gasteiger partial charge < -0.3 is 13.7 Å². The number of nitrogens with zero attached hydrogens (tertiary/aromatic N) is 1. The number of furan rings is 2. The third-order valence-corrected chi connectivity index (χ3v) is 13.4. The molecule has 0 saturated heterocycles. The Kier molecular flexibility index (Phi) is 8.13. The van der Waals surface area contributed by atoms with E-state index in [4.69, 9.17) is 8.83 Å². The Morgan fingerprint density at radius 3 is 1.28 bits per heavy atom. The van der Waals surface area contributed by atoms with Gasteiger partial charge in [0.2, 0.25) is 0 Å². The first-order chi connectivity index (χ1) is 31.8. The van der Waals surface area contributed by atoms with Gasteiger partial charge in [0.25, 0.3) is 0 Å². The summed E-state index contributed by atoms with van der Waals surface area (Å²) in [6.07, 6.45) is 0. The molecule has 10 aromatic carbocycles. The van der Waals surface area contributed by atoms with Crippen molar-refractivity contribution in [2.75, 3.05) is 4.90 Å². The van der Waals surface area contributed by atoms with E-state index in [1.165, 1.54) is 33.4 Å². The maximum absolute atomic E-state index is 6.74. The lowest BCUT2D eigenvalue weighted by atomic mass is 9.67. The monoisotopic (exact) mass is 817 g/mol. The topological polar surface area (TPSA) is 29.5 Å². The third kappa shape index (κ3) is 5.28. The normalized spacial score (nSPS) is 12.8. The lowest BCUT2D eigenvalue weighted by Gasteiger charge is -2.35. The molecule has 1 aliphatic carbocycles. The van der Waals surface area contributed by atoms with Crippen LogP contribution in [0.3, 0.4) is 0 Å². The fourth-order valence-electron chi connectivity index (χ4n) is 10.7. The van der Waals surface area contributed by atoms with Crippen molar-refractivity contribution in [2.24, 2.45) is 0 Å². The summed E-state index contributed by atoms with van der Waals surface area (Å²) >= 11 is 0. The number of para-hydroxylation sites is 6. The summed E-state index contributed by atoms with van der Waals surface area (Å²) in [5.41, 5.74) is 17.6. The summed E-state index contributed by atoms with van der Waals surface area (Å²) in [5, 5.41) is 4.40. The number of anilines is 3. The van der Waals surface area contributed by atoms with E-state index in [1.54, 1.807) is 0 Å². The molecule has 0 bridgehead atoms. The van der Waals surface area contributed by atoms with Crippen molar-refractivity contribution in [1.29, 1.82) is 0 Å². The van der Waals surface area contributed by atoms with Crippen molar-refractivity contribution >= 4 is 60.9 Å². The molecular weight excluding hydrogens is 779 g/mol. The van der Waals surface area contributed by atoms with E-state index in [0.717, 1.165) is 83.2 Å². The molecule has 0 atom stereocenters. The first-order valence-electron chi connectivity index (χ1n) is 21.9. The second kappa shape index (κ2) is 14.3. The van der Waals surface area contributed by atoms with Crippen molar-refractivity contribution in [3.8, 4) is 33.4 Å². The number of fused-ring (bicyclic) bond motifs is 9. The Morgan fingerprint density at radius 1 is 0.297 bits per heavy atom. The highest BCUT2D eigenvalue weighted by atomic mass is 16.3. The van der Waals surface area contributed by atoms with Gasteiger partial charge in [0.15, 0.2) is 0 Å². The average Bonchev–Trinajstić information content (AvgIpc) is 4.04. The number of rotatable bonds is 7. The van der Waals surface area contributed by atoms with E-state index < -0.39 is 5.41 Å². The fourth-order valence-corrected chi connectivity index (χ4v) is 10.7. The summed E-state index contributed by atoms with van der Waals surface area (Å²) in [5.74, 6) is 0. The minimum atomic E-state index is -0.575. The quantitative estimate of drug-likeness (QED) is 0.160. The Balaban J connectivity index is 1.12. The summed E-state index contributed by atoms with van der Waals surface area (Å²) < 4.78 is 13.5. The van der Waals surface area contributed by atoms with Crippen LogP contribution in [0.5, 0.6) is 0 Å². The lowest BCUT2D eigenvalue weighted by Crippen LogP contribution is -2.28. The van der Waals surface area contributed by atoms with E-state index in [-0.39, 0.29) is 0 Å². The van der Waals surface area contributed by atoms with Crippen LogP contribution in [-0.2, 0) is 5.41 Å². The van der Waals surface area contributed by atoms with Gasteiger partial charge in [0, 0.05) is 49.5 Å². The predicted octanol–water partition coefficient (Wildman–Crippen LogP) is 16.7. The van der Waals surface area contributed by atoms with Gasteiger partial charge in [0.05, 0.1) is 16.8 Å². The van der Waals surface area contributed by atoms with Crippen molar-refractivity contribution < 1.29 is 8.83 Å². The van der Waals surface area contributed by atoms with Crippen LogP contribution in [0.2, 0.25) is 0 Å². The predicted molar refractivity (Wildman–Crippen MR) is 264 cm³/mol. The fraction of sp³-hybridized carbons (Fsp3) is 0.0164. The van der Waals surface area contributed by atoms with Crippen LogP contribution in [0.25, 0.3) is 77.3 Å². The molecule has 0 N–H and O–H groups in total. The zero-order chi connectivity index (χ0) is 42.2. The molecular formula is C61H39NO2. The highest BCUT2D eigenvalue weighted by molar-refractivity contribution is 6.13. The summed E-state index contributed by atoms with van der Waals surface area (Å²) in [6, 6.07) is 85.3. The van der Waals surface area contributed by atoms with Crippen LogP contribution in [0.4, 0.5) is 17.1 Å². The highest BCUT2D eigenvalue weighted by Gasteiger charge is 2.46. The average molecular weight is 818 g/mol. The maximum Gasteiger partial charge on any atom is 0.143 e. The second-order valence-corrected chi connectivity index (χ2v) is 16.7. The van der Waals surface area contributed by atoms with Gasteiger partial charge in [-0.05, 0) is 69.8 Å². The van der Waals surface area contributed by atoms with Crippen molar-refractivity contribution in [2.45, 2.75) is 5.41 Å². The van der Waals surface area contributed by atoms with Gasteiger partial charge in [-0.15, -0.1) is 0 Å². The van der Waals surface area contributed by atoms with Crippen LogP contribution in [-0.4, -0.2) is 0 Å². The Hall–Kier alpha value is -8.40. The third-order valence-electron chi connectivity index (χ3n) is 13.4. The number of benzene rings is 10. The standard InChI is InChI=1S/C61H39NO2/c1-3-19-40(20-4-1)61(41-21-5-2-6-22-41)53-32-12-7-23-43(53)44-38-37-42(39-54(44)61)62(55-33-13-8-24-45(55)49-28-17-30-51-47-26-10-15-35-57(47)63-59(49)51)56-34-14-9-25-46(56)50-29-18-31-52-48-27-11-16-36-58(48)64-60(50)52/h1-39H. The molecule has 0 saturated carbocycles. The summed E-state index contributed by atoms with van der Waals surface area (Å²) in [6.45, 7) is 0. The Labute approximate surface area is 370 Å². The Morgan fingerprint density at radius 2 is 0.719 bits per heavy atom. The molecule has 12 aromatic rings. The van der Waals surface area contributed by atoms with E-state index >= 15 is 0 Å². The zero-order valence-corrected chi connectivity index (χ0v) is 34.8. The van der Waals surface area contributed by atoms with Crippen molar-refractivity contribution in [3.63, 3.8) is 0 Å². The second-order valence-electron chi connectivity index (χ2n) is 16.7. The van der Waals surface area contributed by atoms with Crippen LogP contribution < -0.4 is 4.90 Å². The first-order valence-corrected chi connectivity index (χ1v) is 21.9. The molecule has 1 aliphatic rings. The van der Waals surface area contributed by atoms with E-state index in [0.29, 0.717) is 0 Å². The van der Waals surface area contributed by atoms with Gasteiger partial charge in [-0.25, -0.2) is 0 Å². The molecule has 13 rings (SSSR count). The maximum atomic E-state index is 6.74. The zero-order valence-electron chi connectivity index (χ0n) is 34.8. The van der Waals surface area contributed by atoms with Crippen LogP contribution >= 0.6 is 0 Å². The largest absolute Gasteiger partial charge is 0.455 e. The van der Waals surface area contributed by atoms with Crippen LogP contribution in [0.1, 0.15) is 22.3 Å². The SMILES string of the molecule is c1ccc(C2(c3ccccc3)c3ccccc3-c3ccc(N(c4ccccc4-c4cccc5c4oc4ccccc45)c4ccccc4-c4cccc5c4oc4ccccc45)cc32)cc1. The van der Waals surface area contributed by atoms with E-state index in [9.17, 15) is 0 Å². The minimum absolute atomic E-state index is 0.575. The van der Waals surface area contributed by atoms with Crippen molar-refractivity contribution in [1.82, 2.24) is 0 Å².